The third-order valence-electron chi connectivity index (χ3n) is 5.61. The van der Waals surface area contributed by atoms with Crippen LogP contribution < -0.4 is 5.32 Å². The van der Waals surface area contributed by atoms with Crippen molar-refractivity contribution in [3.8, 4) is 0 Å². The first-order chi connectivity index (χ1) is 13.9. The summed E-state index contributed by atoms with van der Waals surface area (Å²) in [5, 5.41) is 2.82. The number of carbonyl (C=O) groups excluding carboxylic acids is 2. The maximum Gasteiger partial charge on any atom is 0.338 e. The molecule has 1 N–H and O–H groups in total. The number of carbonyl (C=O) groups is 2. The van der Waals surface area contributed by atoms with Gasteiger partial charge in [-0.2, -0.15) is 12.6 Å². The molecule has 2 rings (SSSR count). The number of hydrogen-bond acceptors (Lipinski definition) is 4. The maximum atomic E-state index is 12.9. The van der Waals surface area contributed by atoms with Gasteiger partial charge < -0.3 is 10.1 Å². The van der Waals surface area contributed by atoms with Crippen LogP contribution in [0.1, 0.15) is 101 Å². The third kappa shape index (κ3) is 9.24. The zero-order valence-electron chi connectivity index (χ0n) is 18.0. The monoisotopic (exact) mass is 419 g/mol. The van der Waals surface area contributed by atoms with Crippen molar-refractivity contribution in [1.29, 1.82) is 0 Å². The normalized spacial score (nSPS) is 19.3. The van der Waals surface area contributed by atoms with E-state index in [1.807, 2.05) is 6.92 Å². The number of ether oxygens (including phenoxy) is 1. The Morgan fingerprint density at radius 2 is 1.59 bits per heavy atom. The second-order valence-electron chi connectivity index (χ2n) is 8.70. The van der Waals surface area contributed by atoms with Crippen molar-refractivity contribution in [2.45, 2.75) is 102 Å². The van der Waals surface area contributed by atoms with Crippen LogP contribution in [0.5, 0.6) is 0 Å². The maximum absolute atomic E-state index is 12.9. The molecule has 0 saturated heterocycles. The van der Waals surface area contributed by atoms with Crippen LogP contribution in [0.2, 0.25) is 0 Å². The molecule has 0 radical (unpaired) electrons. The van der Waals surface area contributed by atoms with Crippen LogP contribution in [0, 0.1) is 0 Å². The zero-order chi connectivity index (χ0) is 21.1. The summed E-state index contributed by atoms with van der Waals surface area (Å²) in [5.74, 6) is -0.414. The summed E-state index contributed by atoms with van der Waals surface area (Å²) < 4.78 is 6.03. The Hall–Kier alpha value is -1.49. The van der Waals surface area contributed by atoms with E-state index < -0.39 is 5.60 Å². The van der Waals surface area contributed by atoms with Crippen LogP contribution in [-0.4, -0.2) is 22.7 Å². The number of hydrogen-bond donors (Lipinski definition) is 2. The number of nitrogens with one attached hydrogen (secondary N) is 1. The van der Waals surface area contributed by atoms with E-state index in [0.29, 0.717) is 17.7 Å². The first-order valence-electron chi connectivity index (χ1n) is 11.2. The topological polar surface area (TPSA) is 55.4 Å². The average Bonchev–Trinajstić information content (AvgIpc) is 2.64. The van der Waals surface area contributed by atoms with Crippen molar-refractivity contribution in [1.82, 2.24) is 0 Å². The van der Waals surface area contributed by atoms with Crippen LogP contribution in [0.4, 0.5) is 5.69 Å². The molecule has 162 valence electrons. The van der Waals surface area contributed by atoms with E-state index in [1.54, 1.807) is 24.3 Å². The summed E-state index contributed by atoms with van der Waals surface area (Å²) in [5.41, 5.74) is 0.674. The minimum absolute atomic E-state index is 0.0100. The predicted molar refractivity (Wildman–Crippen MR) is 123 cm³/mol. The smallest absolute Gasteiger partial charge is 0.338 e. The molecule has 1 atom stereocenters. The van der Waals surface area contributed by atoms with E-state index in [0.717, 1.165) is 25.7 Å². The molecule has 1 unspecified atom stereocenters. The van der Waals surface area contributed by atoms with Crippen molar-refractivity contribution in [2.75, 3.05) is 5.32 Å². The van der Waals surface area contributed by atoms with Crippen molar-refractivity contribution in [3.63, 3.8) is 0 Å². The van der Waals surface area contributed by atoms with Crippen LogP contribution >= 0.6 is 12.6 Å². The third-order valence-corrected chi connectivity index (χ3v) is 5.80. The van der Waals surface area contributed by atoms with Crippen molar-refractivity contribution >= 4 is 30.2 Å². The highest BCUT2D eigenvalue weighted by Gasteiger charge is 2.28. The standard InChI is InChI=1S/C24H37NO3S/c1-19(29)17-22(26)25-21-14-12-13-20(18-21)23(27)28-24(2)15-10-8-6-4-3-5-7-9-11-16-24/h12-14,18-19,29H,3-11,15-17H2,1-2H3,(H,25,26). The van der Waals surface area contributed by atoms with E-state index >= 15 is 0 Å². The fourth-order valence-corrected chi connectivity index (χ4v) is 4.12. The molecule has 1 fully saturated rings. The molecule has 0 bridgehead atoms. The predicted octanol–water partition coefficient (Wildman–Crippen LogP) is 6.55. The summed E-state index contributed by atoms with van der Waals surface area (Å²) in [6.07, 6.45) is 13.3. The van der Waals surface area contributed by atoms with Crippen LogP contribution in [0.3, 0.4) is 0 Å². The fourth-order valence-electron chi connectivity index (χ4n) is 3.95. The summed E-state index contributed by atoms with van der Waals surface area (Å²) in [6.45, 7) is 3.95. The van der Waals surface area contributed by atoms with Gasteiger partial charge in [-0.3, -0.25) is 4.79 Å². The average molecular weight is 420 g/mol. The minimum atomic E-state index is -0.420. The molecule has 0 aliphatic heterocycles. The number of benzene rings is 1. The lowest BCUT2D eigenvalue weighted by molar-refractivity contribution is -0.116. The van der Waals surface area contributed by atoms with Gasteiger partial charge in [0.2, 0.25) is 5.91 Å². The highest BCUT2D eigenvalue weighted by atomic mass is 32.1. The molecular weight excluding hydrogens is 382 g/mol. The Balaban J connectivity index is 2.00. The largest absolute Gasteiger partial charge is 0.456 e. The molecule has 1 aromatic rings. The summed E-state index contributed by atoms with van der Waals surface area (Å²) in [4.78, 5) is 24.8. The Labute approximate surface area is 181 Å². The van der Waals surface area contributed by atoms with Gasteiger partial charge in [0.25, 0.3) is 0 Å². The number of thiol groups is 1. The van der Waals surface area contributed by atoms with Gasteiger partial charge in [-0.1, -0.05) is 57.9 Å². The molecule has 1 aromatic carbocycles. The van der Waals surface area contributed by atoms with Crippen LogP contribution in [-0.2, 0) is 9.53 Å². The van der Waals surface area contributed by atoms with Gasteiger partial charge in [0, 0.05) is 17.4 Å². The molecule has 4 nitrogen and oxygen atoms in total. The molecule has 1 aliphatic rings. The highest BCUT2D eigenvalue weighted by Crippen LogP contribution is 2.29. The van der Waals surface area contributed by atoms with E-state index in [2.05, 4.69) is 24.9 Å². The molecule has 1 aliphatic carbocycles. The summed E-state index contributed by atoms with van der Waals surface area (Å²) in [7, 11) is 0. The van der Waals surface area contributed by atoms with Gasteiger partial charge in [0.05, 0.1) is 5.56 Å². The van der Waals surface area contributed by atoms with Crippen LogP contribution in [0.15, 0.2) is 24.3 Å². The zero-order valence-corrected chi connectivity index (χ0v) is 18.9. The lowest BCUT2D eigenvalue weighted by Crippen LogP contribution is -2.32. The van der Waals surface area contributed by atoms with Gasteiger partial charge in [-0.15, -0.1) is 0 Å². The minimum Gasteiger partial charge on any atom is -0.456 e. The van der Waals surface area contributed by atoms with Crippen molar-refractivity contribution in [2.24, 2.45) is 0 Å². The molecular formula is C24H37NO3S. The molecule has 0 aromatic heterocycles. The summed E-state index contributed by atoms with van der Waals surface area (Å²) in [6, 6.07) is 7.01. The van der Waals surface area contributed by atoms with E-state index in [4.69, 9.17) is 4.74 Å². The van der Waals surface area contributed by atoms with Gasteiger partial charge >= 0.3 is 5.97 Å². The molecule has 1 amide bonds. The van der Waals surface area contributed by atoms with Gasteiger partial charge in [0.1, 0.15) is 5.60 Å². The molecule has 0 spiro atoms. The lowest BCUT2D eigenvalue weighted by Gasteiger charge is -2.30. The quantitative estimate of drug-likeness (QED) is 0.420. The Kier molecular flexibility index (Phi) is 10.1. The van der Waals surface area contributed by atoms with Crippen molar-refractivity contribution in [3.05, 3.63) is 29.8 Å². The number of anilines is 1. The summed E-state index contributed by atoms with van der Waals surface area (Å²) >= 11 is 4.25. The highest BCUT2D eigenvalue weighted by molar-refractivity contribution is 7.80. The van der Waals surface area contributed by atoms with Gasteiger partial charge in [-0.05, 0) is 50.8 Å². The lowest BCUT2D eigenvalue weighted by atomic mass is 9.90. The molecule has 5 heteroatoms. The van der Waals surface area contributed by atoms with Crippen molar-refractivity contribution < 1.29 is 14.3 Å². The Morgan fingerprint density at radius 1 is 1.03 bits per heavy atom. The van der Waals surface area contributed by atoms with Gasteiger partial charge in [0.15, 0.2) is 0 Å². The SMILES string of the molecule is CC(S)CC(=O)Nc1cccc(C(=O)OC2(C)CCCCCCCCCCC2)c1. The second kappa shape index (κ2) is 12.3. The second-order valence-corrected chi connectivity index (χ2v) is 9.59. The van der Waals surface area contributed by atoms with Gasteiger partial charge in [-0.25, -0.2) is 4.79 Å². The number of amides is 1. The molecule has 0 heterocycles. The van der Waals surface area contributed by atoms with E-state index in [9.17, 15) is 9.59 Å². The Morgan fingerprint density at radius 3 is 2.14 bits per heavy atom. The molecule has 29 heavy (non-hydrogen) atoms. The first-order valence-corrected chi connectivity index (χ1v) is 11.7. The molecule has 1 saturated carbocycles. The first kappa shape index (κ1) is 23.8. The van der Waals surface area contributed by atoms with E-state index in [1.165, 1.54) is 44.9 Å². The van der Waals surface area contributed by atoms with Crippen LogP contribution in [0.25, 0.3) is 0 Å². The Bertz CT molecular complexity index is 647. The number of esters is 1. The van der Waals surface area contributed by atoms with E-state index in [-0.39, 0.29) is 17.1 Å². The fraction of sp³-hybridized carbons (Fsp3) is 0.667. The number of rotatable bonds is 5.